The minimum absolute atomic E-state index is 0.193. The molecule has 0 bridgehead atoms. The Morgan fingerprint density at radius 1 is 1.08 bits per heavy atom. The first-order valence-corrected chi connectivity index (χ1v) is 5.35. The van der Waals surface area contributed by atoms with Crippen molar-refractivity contribution in [2.45, 2.75) is 53.2 Å². The summed E-state index contributed by atoms with van der Waals surface area (Å²) in [5.74, 6) is 1.21. The summed E-state index contributed by atoms with van der Waals surface area (Å²) in [6, 6.07) is 0.488. The third-order valence-electron chi connectivity index (χ3n) is 2.42. The summed E-state index contributed by atoms with van der Waals surface area (Å²) in [5, 5.41) is 12.9. The van der Waals surface area contributed by atoms with Gasteiger partial charge in [-0.15, -0.1) is 0 Å². The normalized spacial score (nSPS) is 16.6. The van der Waals surface area contributed by atoms with Crippen LogP contribution in [0.5, 0.6) is 0 Å². The van der Waals surface area contributed by atoms with Crippen LogP contribution >= 0.6 is 0 Å². The predicted octanol–water partition coefficient (Wildman–Crippen LogP) is 2.03. The van der Waals surface area contributed by atoms with E-state index >= 15 is 0 Å². The maximum Gasteiger partial charge on any atom is 0.0667 e. The van der Waals surface area contributed by atoms with Gasteiger partial charge in [0.2, 0.25) is 0 Å². The van der Waals surface area contributed by atoms with Crippen LogP contribution < -0.4 is 5.32 Å². The zero-order chi connectivity index (χ0) is 10.4. The molecule has 0 aliphatic rings. The van der Waals surface area contributed by atoms with Crippen molar-refractivity contribution >= 4 is 0 Å². The number of hydrogen-bond acceptors (Lipinski definition) is 2. The van der Waals surface area contributed by atoms with Crippen molar-refractivity contribution in [3.63, 3.8) is 0 Å². The Labute approximate surface area is 82.7 Å². The van der Waals surface area contributed by atoms with E-state index < -0.39 is 0 Å². The van der Waals surface area contributed by atoms with Crippen LogP contribution in [-0.2, 0) is 0 Å². The van der Waals surface area contributed by atoms with Crippen molar-refractivity contribution in [2.24, 2.45) is 11.8 Å². The zero-order valence-electron chi connectivity index (χ0n) is 9.67. The molecule has 0 spiro atoms. The molecular weight excluding hydrogens is 162 g/mol. The highest BCUT2D eigenvalue weighted by Gasteiger charge is 2.10. The summed E-state index contributed by atoms with van der Waals surface area (Å²) in [6.45, 7) is 11.5. The van der Waals surface area contributed by atoms with Crippen LogP contribution in [0.2, 0.25) is 0 Å². The van der Waals surface area contributed by atoms with Gasteiger partial charge in [0, 0.05) is 12.6 Å². The first-order valence-electron chi connectivity index (χ1n) is 5.35. The van der Waals surface area contributed by atoms with Gasteiger partial charge in [0.15, 0.2) is 0 Å². The molecule has 0 aromatic rings. The fraction of sp³-hybridized carbons (Fsp3) is 1.00. The summed E-state index contributed by atoms with van der Waals surface area (Å²) in [6.07, 6.45) is 0.693. The average Bonchev–Trinajstić information content (AvgIpc) is 1.98. The highest BCUT2D eigenvalue weighted by atomic mass is 16.3. The number of aliphatic hydroxyl groups excluding tert-OH is 1. The van der Waals surface area contributed by atoms with Crippen LogP contribution in [0, 0.1) is 11.8 Å². The maximum absolute atomic E-state index is 9.59. The highest BCUT2D eigenvalue weighted by Crippen LogP contribution is 2.05. The molecule has 0 aromatic heterocycles. The molecule has 2 nitrogen and oxygen atoms in total. The summed E-state index contributed by atoms with van der Waals surface area (Å²) in [5.41, 5.74) is 0. The quantitative estimate of drug-likeness (QED) is 0.667. The molecule has 0 radical (unpaired) electrons. The SMILES string of the molecule is CC(C)CC(O)CNC(C)C(C)C. The van der Waals surface area contributed by atoms with Gasteiger partial charge in [0.05, 0.1) is 6.10 Å². The summed E-state index contributed by atoms with van der Waals surface area (Å²) < 4.78 is 0. The lowest BCUT2D eigenvalue weighted by Gasteiger charge is -2.20. The second-order valence-corrected chi connectivity index (χ2v) is 4.72. The lowest BCUT2D eigenvalue weighted by molar-refractivity contribution is 0.140. The molecule has 80 valence electrons. The van der Waals surface area contributed by atoms with Crippen molar-refractivity contribution in [2.75, 3.05) is 6.54 Å². The summed E-state index contributed by atoms with van der Waals surface area (Å²) in [7, 11) is 0. The fourth-order valence-electron chi connectivity index (χ4n) is 1.19. The van der Waals surface area contributed by atoms with Crippen molar-refractivity contribution in [3.8, 4) is 0 Å². The van der Waals surface area contributed by atoms with Crippen LogP contribution in [0.3, 0.4) is 0 Å². The molecule has 2 heteroatoms. The van der Waals surface area contributed by atoms with Gasteiger partial charge in [-0.1, -0.05) is 27.7 Å². The Bertz CT molecular complexity index is 123. The van der Waals surface area contributed by atoms with Gasteiger partial charge in [0.1, 0.15) is 0 Å². The van der Waals surface area contributed by atoms with Gasteiger partial charge in [-0.3, -0.25) is 0 Å². The standard InChI is InChI=1S/C11H25NO/c1-8(2)6-11(13)7-12-10(5)9(3)4/h8-13H,6-7H2,1-5H3. The van der Waals surface area contributed by atoms with E-state index in [4.69, 9.17) is 0 Å². The Kier molecular flexibility index (Phi) is 6.35. The Balaban J connectivity index is 3.51. The third-order valence-corrected chi connectivity index (χ3v) is 2.42. The lowest BCUT2D eigenvalue weighted by atomic mass is 10.0. The minimum Gasteiger partial charge on any atom is -0.392 e. The molecule has 0 aromatic carbocycles. The van der Waals surface area contributed by atoms with Gasteiger partial charge in [0.25, 0.3) is 0 Å². The van der Waals surface area contributed by atoms with E-state index in [0.717, 1.165) is 13.0 Å². The zero-order valence-corrected chi connectivity index (χ0v) is 9.67. The van der Waals surface area contributed by atoms with E-state index in [1.165, 1.54) is 0 Å². The molecule has 2 N–H and O–H groups in total. The lowest BCUT2D eigenvalue weighted by Crippen LogP contribution is -2.37. The smallest absolute Gasteiger partial charge is 0.0667 e. The summed E-state index contributed by atoms with van der Waals surface area (Å²) in [4.78, 5) is 0. The number of aliphatic hydroxyl groups is 1. The van der Waals surface area contributed by atoms with Gasteiger partial charge < -0.3 is 10.4 Å². The van der Waals surface area contributed by atoms with Crippen molar-refractivity contribution in [3.05, 3.63) is 0 Å². The first-order chi connectivity index (χ1) is 5.93. The van der Waals surface area contributed by atoms with E-state index in [-0.39, 0.29) is 6.10 Å². The van der Waals surface area contributed by atoms with Crippen LogP contribution in [0.15, 0.2) is 0 Å². The van der Waals surface area contributed by atoms with E-state index in [0.29, 0.717) is 17.9 Å². The van der Waals surface area contributed by atoms with Crippen molar-refractivity contribution in [1.29, 1.82) is 0 Å². The van der Waals surface area contributed by atoms with Gasteiger partial charge in [-0.05, 0) is 25.2 Å². The third kappa shape index (κ3) is 7.03. The highest BCUT2D eigenvalue weighted by molar-refractivity contribution is 4.68. The molecule has 0 saturated heterocycles. The van der Waals surface area contributed by atoms with Crippen molar-refractivity contribution in [1.82, 2.24) is 5.32 Å². The number of nitrogens with one attached hydrogen (secondary N) is 1. The molecule has 13 heavy (non-hydrogen) atoms. The van der Waals surface area contributed by atoms with Crippen LogP contribution in [0.25, 0.3) is 0 Å². The monoisotopic (exact) mass is 187 g/mol. The van der Waals surface area contributed by atoms with Gasteiger partial charge >= 0.3 is 0 Å². The molecule has 2 atom stereocenters. The van der Waals surface area contributed by atoms with E-state index in [2.05, 4.69) is 39.9 Å². The molecule has 0 saturated carbocycles. The Morgan fingerprint density at radius 2 is 1.62 bits per heavy atom. The maximum atomic E-state index is 9.59. The van der Waals surface area contributed by atoms with Crippen LogP contribution in [0.1, 0.15) is 41.0 Å². The van der Waals surface area contributed by atoms with Crippen molar-refractivity contribution < 1.29 is 5.11 Å². The number of rotatable bonds is 6. The second-order valence-electron chi connectivity index (χ2n) is 4.72. The average molecular weight is 187 g/mol. The minimum atomic E-state index is -0.193. The van der Waals surface area contributed by atoms with Crippen LogP contribution in [0.4, 0.5) is 0 Å². The molecule has 0 aliphatic heterocycles. The summed E-state index contributed by atoms with van der Waals surface area (Å²) >= 11 is 0. The first kappa shape index (κ1) is 12.9. The van der Waals surface area contributed by atoms with E-state index in [1.54, 1.807) is 0 Å². The Morgan fingerprint density at radius 3 is 2.00 bits per heavy atom. The molecule has 2 unspecified atom stereocenters. The largest absolute Gasteiger partial charge is 0.392 e. The molecule has 0 amide bonds. The molecule has 0 fully saturated rings. The van der Waals surface area contributed by atoms with Gasteiger partial charge in [-0.2, -0.15) is 0 Å². The second kappa shape index (κ2) is 6.39. The number of hydrogen-bond donors (Lipinski definition) is 2. The van der Waals surface area contributed by atoms with Crippen LogP contribution in [-0.4, -0.2) is 23.8 Å². The Hall–Kier alpha value is -0.0800. The van der Waals surface area contributed by atoms with E-state index in [9.17, 15) is 5.11 Å². The molecule has 0 rings (SSSR count). The fourth-order valence-corrected chi connectivity index (χ4v) is 1.19. The predicted molar refractivity (Wildman–Crippen MR) is 57.8 cm³/mol. The topological polar surface area (TPSA) is 32.3 Å². The molecular formula is C11H25NO. The molecule has 0 aliphatic carbocycles. The van der Waals surface area contributed by atoms with Gasteiger partial charge in [-0.25, -0.2) is 0 Å². The van der Waals surface area contributed by atoms with E-state index in [1.807, 2.05) is 0 Å². The molecule has 0 heterocycles.